The summed E-state index contributed by atoms with van der Waals surface area (Å²) in [5, 5.41) is 7.32. The Morgan fingerprint density at radius 2 is 0.750 bits per heavy atom. The van der Waals surface area contributed by atoms with E-state index in [2.05, 4.69) is 10.3 Å². The van der Waals surface area contributed by atoms with E-state index in [4.69, 9.17) is 0 Å². The molecule has 0 aliphatic rings. The van der Waals surface area contributed by atoms with Gasteiger partial charge in [-0.3, -0.25) is 0 Å². The first kappa shape index (κ1) is 24.4. The van der Waals surface area contributed by atoms with Gasteiger partial charge in [0.05, 0.1) is 0 Å². The second-order valence-electron chi connectivity index (χ2n) is 3.32. The number of primary sulfonamides is 2. The van der Waals surface area contributed by atoms with E-state index >= 15 is 0 Å². The molecule has 0 saturated heterocycles. The first-order valence-electron chi connectivity index (χ1n) is 4.02. The number of alkyl halides is 6. The Balaban J connectivity index is -0.000000230. The SMILES string of the molecule is CN(C)C.NS(=O)(=O)C(F)(F)F.NS(=O)(=O)C(F)(F)F. The van der Waals surface area contributed by atoms with Crippen molar-refractivity contribution in [2.75, 3.05) is 21.1 Å². The van der Waals surface area contributed by atoms with Gasteiger partial charge in [0.15, 0.2) is 0 Å². The molecule has 20 heavy (non-hydrogen) atoms. The van der Waals surface area contributed by atoms with E-state index in [1.54, 1.807) is 0 Å². The highest BCUT2D eigenvalue weighted by atomic mass is 32.2. The number of hydrogen-bond donors (Lipinski definition) is 2. The van der Waals surface area contributed by atoms with E-state index in [9.17, 15) is 43.2 Å². The van der Waals surface area contributed by atoms with Gasteiger partial charge in [0, 0.05) is 0 Å². The van der Waals surface area contributed by atoms with Crippen molar-refractivity contribution < 1.29 is 43.2 Å². The second-order valence-corrected chi connectivity index (χ2v) is 6.43. The van der Waals surface area contributed by atoms with Gasteiger partial charge in [-0.25, -0.2) is 27.1 Å². The minimum absolute atomic E-state index is 2.00. The minimum Gasteiger partial charge on any atom is -0.312 e. The zero-order chi connectivity index (χ0) is 17.6. The number of halogens is 6. The van der Waals surface area contributed by atoms with Gasteiger partial charge < -0.3 is 4.90 Å². The summed E-state index contributed by atoms with van der Waals surface area (Å²) in [4.78, 5) is 2.00. The maximum atomic E-state index is 10.8. The molecule has 0 aromatic carbocycles. The van der Waals surface area contributed by atoms with Gasteiger partial charge in [0.2, 0.25) is 0 Å². The molecule has 0 unspecified atom stereocenters. The molecule has 0 radical (unpaired) electrons. The summed E-state index contributed by atoms with van der Waals surface area (Å²) in [5.74, 6) is 0. The fraction of sp³-hybridized carbons (Fsp3) is 1.00. The first-order valence-corrected chi connectivity index (χ1v) is 7.11. The topological polar surface area (TPSA) is 124 Å². The minimum atomic E-state index is -5.34. The predicted molar refractivity (Wildman–Crippen MR) is 57.9 cm³/mol. The predicted octanol–water partition coefficient (Wildman–Crippen LogP) is -0.233. The average Bonchev–Trinajstić information content (AvgIpc) is 1.94. The van der Waals surface area contributed by atoms with Crippen molar-refractivity contribution in [1.29, 1.82) is 0 Å². The summed E-state index contributed by atoms with van der Waals surface area (Å²) in [6.45, 7) is 0. The molecule has 4 N–H and O–H groups in total. The number of nitrogens with zero attached hydrogens (tertiary/aromatic N) is 1. The first-order chi connectivity index (χ1) is 8.23. The molecule has 0 spiro atoms. The molecule has 0 aliphatic heterocycles. The normalized spacial score (nSPS) is 13.0. The Labute approximate surface area is 111 Å². The molecule has 0 fully saturated rings. The van der Waals surface area contributed by atoms with Crippen molar-refractivity contribution in [3.8, 4) is 0 Å². The molecule has 0 aromatic heterocycles. The van der Waals surface area contributed by atoms with Crippen molar-refractivity contribution in [2.45, 2.75) is 11.0 Å². The van der Waals surface area contributed by atoms with Gasteiger partial charge in [0.1, 0.15) is 0 Å². The Morgan fingerprint density at radius 3 is 0.750 bits per heavy atom. The molecule has 126 valence electrons. The average molecular weight is 357 g/mol. The molecular weight excluding hydrogens is 344 g/mol. The van der Waals surface area contributed by atoms with Crippen LogP contribution in [0.5, 0.6) is 0 Å². The van der Waals surface area contributed by atoms with Crippen LogP contribution >= 0.6 is 0 Å². The Morgan fingerprint density at radius 1 is 0.700 bits per heavy atom. The zero-order valence-corrected chi connectivity index (χ0v) is 12.0. The standard InChI is InChI=1S/C3H9N.2CH2F3NO2S/c1-4(2)3;2*2-1(3,4)8(5,6)7/h1-3H3;2*(H2,5,6,7). The van der Waals surface area contributed by atoms with Gasteiger partial charge in [-0.2, -0.15) is 26.3 Å². The molecule has 0 aromatic rings. The van der Waals surface area contributed by atoms with Crippen LogP contribution in [0, 0.1) is 0 Å². The van der Waals surface area contributed by atoms with Crippen molar-refractivity contribution in [1.82, 2.24) is 4.90 Å². The van der Waals surface area contributed by atoms with Crippen LogP contribution in [0.3, 0.4) is 0 Å². The Kier molecular flexibility index (Phi) is 9.71. The monoisotopic (exact) mass is 357 g/mol. The lowest BCUT2D eigenvalue weighted by atomic mass is 11.0. The Bertz CT molecular complexity index is 421. The molecular formula is C5H13F6N3O4S2. The van der Waals surface area contributed by atoms with Crippen molar-refractivity contribution >= 4 is 20.0 Å². The van der Waals surface area contributed by atoms with Crippen LogP contribution in [0.2, 0.25) is 0 Å². The summed E-state index contributed by atoms with van der Waals surface area (Å²) < 4.78 is 102. The molecule has 0 rings (SSSR count). The highest BCUT2D eigenvalue weighted by molar-refractivity contribution is 7.90. The van der Waals surface area contributed by atoms with E-state index in [0.717, 1.165) is 0 Å². The van der Waals surface area contributed by atoms with E-state index in [-0.39, 0.29) is 0 Å². The third kappa shape index (κ3) is 15.4. The lowest BCUT2D eigenvalue weighted by Crippen LogP contribution is -2.30. The lowest BCUT2D eigenvalue weighted by Gasteiger charge is -1.98. The number of hydrogen-bond acceptors (Lipinski definition) is 5. The number of nitrogens with two attached hydrogens (primary N) is 2. The van der Waals surface area contributed by atoms with Crippen molar-refractivity contribution in [3.05, 3.63) is 0 Å². The van der Waals surface area contributed by atoms with E-state index in [1.807, 2.05) is 26.0 Å². The quantitative estimate of drug-likeness (QED) is 0.580. The summed E-state index contributed by atoms with van der Waals surface area (Å²) >= 11 is 0. The van der Waals surface area contributed by atoms with Gasteiger partial charge in [0.25, 0.3) is 0 Å². The summed E-state index contributed by atoms with van der Waals surface area (Å²) in [7, 11) is -4.68. The maximum Gasteiger partial charge on any atom is 0.511 e. The zero-order valence-electron chi connectivity index (χ0n) is 10.3. The molecule has 0 bridgehead atoms. The highest BCUT2D eigenvalue weighted by Gasteiger charge is 2.43. The molecule has 0 heterocycles. The lowest BCUT2D eigenvalue weighted by molar-refractivity contribution is -0.0441. The molecule has 0 saturated carbocycles. The van der Waals surface area contributed by atoms with Crippen LogP contribution in [0.25, 0.3) is 0 Å². The second kappa shape index (κ2) is 7.96. The summed E-state index contributed by atoms with van der Waals surface area (Å²) in [6, 6.07) is 0. The van der Waals surface area contributed by atoms with E-state index < -0.39 is 31.1 Å². The maximum absolute atomic E-state index is 10.8. The summed E-state index contributed by atoms with van der Waals surface area (Å²) in [5.41, 5.74) is -10.6. The smallest absolute Gasteiger partial charge is 0.312 e. The molecule has 0 atom stereocenters. The molecule has 0 amide bonds. The number of sulfonamides is 2. The third-order valence-electron chi connectivity index (χ3n) is 0.645. The van der Waals surface area contributed by atoms with Crippen LogP contribution in [-0.4, -0.2) is 53.9 Å². The van der Waals surface area contributed by atoms with Gasteiger partial charge >= 0.3 is 31.1 Å². The van der Waals surface area contributed by atoms with Gasteiger partial charge in [-0.15, -0.1) is 0 Å². The van der Waals surface area contributed by atoms with Crippen LogP contribution in [-0.2, 0) is 20.0 Å². The largest absolute Gasteiger partial charge is 0.511 e. The number of rotatable bonds is 0. The van der Waals surface area contributed by atoms with Crippen molar-refractivity contribution in [2.24, 2.45) is 10.3 Å². The molecule has 15 heteroatoms. The van der Waals surface area contributed by atoms with Crippen LogP contribution in [0.15, 0.2) is 0 Å². The highest BCUT2D eigenvalue weighted by Crippen LogP contribution is 2.19. The van der Waals surface area contributed by atoms with E-state index in [1.165, 1.54) is 0 Å². The van der Waals surface area contributed by atoms with Crippen LogP contribution in [0.4, 0.5) is 26.3 Å². The van der Waals surface area contributed by atoms with Crippen LogP contribution < -0.4 is 10.3 Å². The fourth-order valence-corrected chi connectivity index (χ4v) is 0. The van der Waals surface area contributed by atoms with E-state index in [0.29, 0.717) is 0 Å². The molecule has 0 aliphatic carbocycles. The van der Waals surface area contributed by atoms with Crippen LogP contribution in [0.1, 0.15) is 0 Å². The fourth-order valence-electron chi connectivity index (χ4n) is 0. The summed E-state index contributed by atoms with van der Waals surface area (Å²) in [6.07, 6.45) is 0. The molecule has 7 nitrogen and oxygen atoms in total. The third-order valence-corrected chi connectivity index (χ3v) is 1.94. The van der Waals surface area contributed by atoms with Gasteiger partial charge in [-0.1, -0.05) is 0 Å². The van der Waals surface area contributed by atoms with Gasteiger partial charge in [-0.05, 0) is 21.1 Å². The Hall–Kier alpha value is -0.640. The van der Waals surface area contributed by atoms with Crippen molar-refractivity contribution in [3.63, 3.8) is 0 Å².